The van der Waals surface area contributed by atoms with E-state index in [1.165, 1.54) is 96.3 Å². The average Bonchev–Trinajstić information content (AvgIpc) is 3.06. The van der Waals surface area contributed by atoms with Crippen LogP contribution in [0.25, 0.3) is 0 Å². The summed E-state index contributed by atoms with van der Waals surface area (Å²) in [4.78, 5) is 37.4. The van der Waals surface area contributed by atoms with Gasteiger partial charge in [-0.2, -0.15) is 0 Å². The van der Waals surface area contributed by atoms with Crippen molar-refractivity contribution in [3.8, 4) is 0 Å². The molecule has 0 aromatic heterocycles. The summed E-state index contributed by atoms with van der Waals surface area (Å²) in [7, 11) is 1.17. The predicted octanol–water partition coefficient (Wildman–Crippen LogP) is 10.4. The quantitative estimate of drug-likeness (QED) is 0.0204. The van der Waals surface area contributed by atoms with Crippen LogP contribution in [0.15, 0.2) is 12.2 Å². The Bertz CT molecular complexity index is 876. The summed E-state index contributed by atoms with van der Waals surface area (Å²) < 4.78 is 33.8. The number of allylic oxidation sites excluding steroid dienone is 2. The molecule has 0 aliphatic heterocycles. The van der Waals surface area contributed by atoms with Gasteiger partial charge in [-0.25, -0.2) is 0 Å². The third-order valence-corrected chi connectivity index (χ3v) is 9.75. The van der Waals surface area contributed by atoms with E-state index in [1.54, 1.807) is 0 Å². The molecule has 2 atom stereocenters. The maximum atomic E-state index is 12.6. The topological polar surface area (TPSA) is 111 Å². The number of carbonyl (C=O) groups is 2. The van der Waals surface area contributed by atoms with Gasteiger partial charge in [0.1, 0.15) is 19.8 Å². The van der Waals surface area contributed by atoms with E-state index in [9.17, 15) is 19.0 Å². The minimum atomic E-state index is -4.61. The first-order valence-electron chi connectivity index (χ1n) is 20.4. The number of hydrogen-bond acceptors (Lipinski definition) is 8. The fourth-order valence-electron chi connectivity index (χ4n) is 5.53. The van der Waals surface area contributed by atoms with Crippen molar-refractivity contribution >= 4 is 19.8 Å². The predicted molar refractivity (Wildman–Crippen MR) is 204 cm³/mol. The standard InChI is InChI=1S/C40H78NO8P/c1-6-8-10-12-14-16-18-20-21-23-25-27-29-31-33-40(43)49-38(37-48-50(44,45)47-35-34-41(3,4)5)36-46-39(42)32-30-28-26-24-22-19-17-15-13-11-9-7-2/h15,17,38H,6-14,16,18-37H2,1-5H3/b17-15-/t38-/m1/s1. The summed E-state index contributed by atoms with van der Waals surface area (Å²) in [6, 6.07) is 0. The van der Waals surface area contributed by atoms with Crippen molar-refractivity contribution in [3.05, 3.63) is 12.2 Å². The number of hydrogen-bond donors (Lipinski definition) is 0. The van der Waals surface area contributed by atoms with Gasteiger partial charge in [0.25, 0.3) is 7.82 Å². The van der Waals surface area contributed by atoms with Crippen LogP contribution in [-0.4, -0.2) is 70.0 Å². The highest BCUT2D eigenvalue weighted by molar-refractivity contribution is 7.45. The summed E-state index contributed by atoms with van der Waals surface area (Å²) in [5.74, 6) is -0.839. The van der Waals surface area contributed by atoms with Gasteiger partial charge in [0.2, 0.25) is 0 Å². The number of quaternary nitrogens is 1. The van der Waals surface area contributed by atoms with Crippen molar-refractivity contribution in [3.63, 3.8) is 0 Å². The van der Waals surface area contributed by atoms with Gasteiger partial charge in [-0.15, -0.1) is 0 Å². The van der Waals surface area contributed by atoms with Gasteiger partial charge >= 0.3 is 11.9 Å². The lowest BCUT2D eigenvalue weighted by Gasteiger charge is -2.28. The van der Waals surface area contributed by atoms with Crippen molar-refractivity contribution in [2.75, 3.05) is 47.5 Å². The van der Waals surface area contributed by atoms with E-state index < -0.39 is 32.5 Å². The number of ether oxygens (including phenoxy) is 2. The highest BCUT2D eigenvalue weighted by atomic mass is 31.2. The van der Waals surface area contributed by atoms with Gasteiger partial charge in [0.05, 0.1) is 27.7 Å². The number of nitrogens with zero attached hydrogens (tertiary/aromatic N) is 1. The smallest absolute Gasteiger partial charge is 0.306 e. The summed E-state index contributed by atoms with van der Waals surface area (Å²) in [5, 5.41) is 0. The molecule has 0 aliphatic carbocycles. The number of phosphoric ester groups is 1. The molecule has 0 saturated heterocycles. The summed E-state index contributed by atoms with van der Waals surface area (Å²) in [5.41, 5.74) is 0. The zero-order valence-corrected chi connectivity index (χ0v) is 34.0. The second kappa shape index (κ2) is 33.6. The summed E-state index contributed by atoms with van der Waals surface area (Å²) in [6.45, 7) is 4.20. The Labute approximate surface area is 307 Å². The van der Waals surface area contributed by atoms with Crippen LogP contribution in [0.5, 0.6) is 0 Å². The molecule has 296 valence electrons. The minimum absolute atomic E-state index is 0.0292. The number of carbonyl (C=O) groups excluding carboxylic acids is 2. The Balaban J connectivity index is 4.40. The van der Waals surface area contributed by atoms with Gasteiger partial charge in [0, 0.05) is 12.8 Å². The zero-order valence-electron chi connectivity index (χ0n) is 33.1. The zero-order chi connectivity index (χ0) is 37.2. The lowest BCUT2D eigenvalue weighted by molar-refractivity contribution is -0.870. The molecule has 0 fully saturated rings. The average molecular weight is 732 g/mol. The Kier molecular flexibility index (Phi) is 32.7. The molecule has 0 rings (SSSR count). The fraction of sp³-hybridized carbons (Fsp3) is 0.900. The van der Waals surface area contributed by atoms with Crippen LogP contribution in [-0.2, 0) is 32.7 Å². The van der Waals surface area contributed by atoms with Crippen LogP contribution in [0.2, 0.25) is 0 Å². The van der Waals surface area contributed by atoms with E-state index in [-0.39, 0.29) is 26.1 Å². The second-order valence-corrected chi connectivity index (χ2v) is 16.4. The number of unbranched alkanes of at least 4 members (excludes halogenated alkanes) is 21. The highest BCUT2D eigenvalue weighted by Gasteiger charge is 2.21. The van der Waals surface area contributed by atoms with Crippen LogP contribution >= 0.6 is 7.82 Å². The van der Waals surface area contributed by atoms with Crippen molar-refractivity contribution in [1.29, 1.82) is 0 Å². The highest BCUT2D eigenvalue weighted by Crippen LogP contribution is 2.38. The molecular formula is C40H78NO8P. The lowest BCUT2D eigenvalue weighted by atomic mass is 10.0. The Morgan fingerprint density at radius 3 is 1.52 bits per heavy atom. The molecule has 1 unspecified atom stereocenters. The molecule has 50 heavy (non-hydrogen) atoms. The Morgan fingerprint density at radius 1 is 0.600 bits per heavy atom. The molecule has 0 spiro atoms. The maximum absolute atomic E-state index is 12.6. The van der Waals surface area contributed by atoms with Crippen LogP contribution in [0.4, 0.5) is 0 Å². The largest absolute Gasteiger partial charge is 0.756 e. The van der Waals surface area contributed by atoms with Gasteiger partial charge in [-0.3, -0.25) is 14.2 Å². The number of phosphoric acid groups is 1. The molecular weight excluding hydrogens is 653 g/mol. The fourth-order valence-corrected chi connectivity index (χ4v) is 6.26. The third kappa shape index (κ3) is 36.5. The van der Waals surface area contributed by atoms with E-state index in [0.29, 0.717) is 17.4 Å². The van der Waals surface area contributed by atoms with Gasteiger partial charge in [0.15, 0.2) is 6.10 Å². The number of likely N-dealkylation sites (N-methyl/N-ethyl adjacent to an activating group) is 1. The van der Waals surface area contributed by atoms with Crippen LogP contribution in [0, 0.1) is 0 Å². The number of rotatable bonds is 37. The Morgan fingerprint density at radius 2 is 1.02 bits per heavy atom. The number of esters is 2. The first-order valence-corrected chi connectivity index (χ1v) is 21.9. The van der Waals surface area contributed by atoms with Gasteiger partial charge in [-0.1, -0.05) is 142 Å². The minimum Gasteiger partial charge on any atom is -0.756 e. The molecule has 0 bridgehead atoms. The first kappa shape index (κ1) is 48.8. The van der Waals surface area contributed by atoms with Crippen molar-refractivity contribution in [1.82, 2.24) is 0 Å². The monoisotopic (exact) mass is 732 g/mol. The molecule has 0 heterocycles. The van der Waals surface area contributed by atoms with E-state index in [1.807, 2.05) is 21.1 Å². The molecule has 0 saturated carbocycles. The molecule has 0 amide bonds. The van der Waals surface area contributed by atoms with Crippen molar-refractivity contribution < 1.29 is 42.1 Å². The lowest BCUT2D eigenvalue weighted by Crippen LogP contribution is -2.37. The van der Waals surface area contributed by atoms with Crippen molar-refractivity contribution in [2.24, 2.45) is 0 Å². The van der Waals surface area contributed by atoms with Crippen molar-refractivity contribution in [2.45, 2.75) is 187 Å². The molecule has 9 nitrogen and oxygen atoms in total. The van der Waals surface area contributed by atoms with E-state index in [2.05, 4.69) is 26.0 Å². The second-order valence-electron chi connectivity index (χ2n) is 15.0. The summed E-state index contributed by atoms with van der Waals surface area (Å²) in [6.07, 6.45) is 32.3. The molecule has 0 aromatic rings. The van der Waals surface area contributed by atoms with Gasteiger partial charge in [-0.05, 0) is 38.5 Å². The van der Waals surface area contributed by atoms with Crippen LogP contribution < -0.4 is 4.89 Å². The Hall–Kier alpha value is -1.25. The van der Waals surface area contributed by atoms with E-state index >= 15 is 0 Å². The molecule has 0 N–H and O–H groups in total. The summed E-state index contributed by atoms with van der Waals surface area (Å²) >= 11 is 0. The van der Waals surface area contributed by atoms with E-state index in [4.69, 9.17) is 18.5 Å². The maximum Gasteiger partial charge on any atom is 0.306 e. The molecule has 0 aromatic carbocycles. The van der Waals surface area contributed by atoms with Crippen LogP contribution in [0.1, 0.15) is 181 Å². The molecule has 0 radical (unpaired) electrons. The SMILES string of the molecule is CCCCC/C=C\CCCCCCCC(=O)OC[C@H](COP(=O)([O-])OCC[N+](C)(C)C)OC(=O)CCCCCCCCCCCCCCCC. The van der Waals surface area contributed by atoms with Crippen LogP contribution in [0.3, 0.4) is 0 Å². The molecule has 0 aliphatic rings. The first-order chi connectivity index (χ1) is 24.0. The normalized spacial score (nSPS) is 13.8. The molecule has 10 heteroatoms. The third-order valence-electron chi connectivity index (χ3n) is 8.79. The van der Waals surface area contributed by atoms with E-state index in [0.717, 1.165) is 51.4 Å². The van der Waals surface area contributed by atoms with Gasteiger partial charge < -0.3 is 27.9 Å².